The number of likely N-dealkylation sites (N-methyl/N-ethyl adjacent to an activating group) is 1. The van der Waals surface area contributed by atoms with E-state index in [4.69, 9.17) is 4.74 Å². The molecule has 0 aromatic rings. The van der Waals surface area contributed by atoms with Crippen molar-refractivity contribution < 1.29 is 122 Å². The Hall–Kier alpha value is -2.42. The van der Waals surface area contributed by atoms with Gasteiger partial charge in [0.1, 0.15) is 48.0 Å². The highest BCUT2D eigenvalue weighted by molar-refractivity contribution is 6.26. The minimum atomic E-state index is -2.59. The quantitative estimate of drug-likeness (QED) is 0.0148. The van der Waals surface area contributed by atoms with E-state index in [1.54, 1.807) is 19.9 Å². The number of carbonyl (C=O) groups excluding carboxylic acids is 2. The number of ketones is 1. The Bertz CT molecular complexity index is 2050. The molecule has 2 aliphatic heterocycles. The number of allylic oxidation sites excluding steroid dienone is 2. The molecule has 25 heteroatoms. The van der Waals surface area contributed by atoms with E-state index in [0.717, 1.165) is 38.5 Å². The number of Topliss-reactive ketones (excluding diaryl/α,β-unsaturated/α-hetero) is 1. The molecule has 2 aliphatic rings. The van der Waals surface area contributed by atoms with E-state index in [2.05, 4.69) is 6.92 Å². The Morgan fingerprint density at radius 3 is 1.51 bits per heavy atom. The number of aliphatic hydroxyl groups is 21. The van der Waals surface area contributed by atoms with Crippen LogP contribution in [0.2, 0.25) is 0 Å². The van der Waals surface area contributed by atoms with Crippen molar-refractivity contribution >= 4 is 11.7 Å². The summed E-state index contributed by atoms with van der Waals surface area (Å²) < 4.78 is 5.50. The second kappa shape index (κ2) is 37.3. The van der Waals surface area contributed by atoms with E-state index in [1.807, 2.05) is 13.8 Å². The summed E-state index contributed by atoms with van der Waals surface area (Å²) >= 11 is 0. The van der Waals surface area contributed by atoms with Gasteiger partial charge in [0.05, 0.1) is 91.5 Å². The fraction of sp³-hybridized carbons (Fsp3) is 0.903. The fourth-order valence-corrected chi connectivity index (χ4v) is 12.3. The molecule has 512 valence electrons. The van der Waals surface area contributed by atoms with Gasteiger partial charge in [-0.15, -0.1) is 0 Å². The van der Waals surface area contributed by atoms with Gasteiger partial charge in [-0.05, 0) is 69.8 Å². The van der Waals surface area contributed by atoms with E-state index in [1.165, 1.54) is 46.6 Å². The van der Waals surface area contributed by atoms with Crippen LogP contribution in [0.3, 0.4) is 0 Å². The molecule has 0 aromatic heterocycles. The maximum atomic E-state index is 12.6. The molecule has 0 spiro atoms. The molecule has 2 fully saturated rings. The first-order valence-corrected chi connectivity index (χ1v) is 31.5. The monoisotopic (exact) mass is 1260 g/mol. The van der Waals surface area contributed by atoms with E-state index >= 15 is 0 Å². The molecular formula is C62H115NO24. The van der Waals surface area contributed by atoms with Crippen LogP contribution < -0.4 is 0 Å². The number of nitrogens with zero attached hydrogens (tertiary/aromatic N) is 1. The topological polar surface area (TPSA) is 471 Å². The number of amides is 1. The van der Waals surface area contributed by atoms with E-state index < -0.39 is 213 Å². The predicted octanol–water partition coefficient (Wildman–Crippen LogP) is -1.17. The van der Waals surface area contributed by atoms with Crippen molar-refractivity contribution in [1.29, 1.82) is 0 Å². The summed E-state index contributed by atoms with van der Waals surface area (Å²) in [6.07, 6.45) is -28.2. The highest BCUT2D eigenvalue weighted by Crippen LogP contribution is 2.36. The van der Waals surface area contributed by atoms with E-state index in [-0.39, 0.29) is 36.7 Å². The average Bonchev–Trinajstić information content (AvgIpc) is 2.13. The van der Waals surface area contributed by atoms with Crippen molar-refractivity contribution in [2.45, 2.75) is 306 Å². The SMILES string of the molecule is CCCCCCCCCC(O)C[C@]1(O)OC(CC(O)C(O)C(O)C(O)C(O)CC(O)CC(O)CC(O)C(C)C(O)C(C)C(O)CC(O)C(C)C(O)C(C)C(O)C(C)C(O)C(O)CC(C)CC(C)/C=C(C)/C(O)=C2/C(=O)C(C)N(C)C2=O)[C@@H](O)[C@H](O)[C@@H]1O. The number of ether oxygens (including phenoxy) is 1. The number of aliphatic hydroxyl groups excluding tert-OH is 20. The van der Waals surface area contributed by atoms with Gasteiger partial charge in [0.2, 0.25) is 0 Å². The molecule has 25 nitrogen and oxygen atoms in total. The molecule has 0 aromatic carbocycles. The number of hydrogen-bond donors (Lipinski definition) is 21. The van der Waals surface area contributed by atoms with E-state index in [0.29, 0.717) is 18.4 Å². The Labute approximate surface area is 513 Å². The molecule has 21 N–H and O–H groups in total. The molecule has 0 radical (unpaired) electrons. The lowest BCUT2D eigenvalue weighted by Gasteiger charge is -2.47. The lowest BCUT2D eigenvalue weighted by atomic mass is 9.77. The van der Waals surface area contributed by atoms with Gasteiger partial charge < -0.3 is 117 Å². The van der Waals surface area contributed by atoms with Crippen LogP contribution in [0, 0.1) is 41.4 Å². The summed E-state index contributed by atoms with van der Waals surface area (Å²) in [5.41, 5.74) is 0.0730. The third-order valence-corrected chi connectivity index (χ3v) is 18.8. The third kappa shape index (κ3) is 23.3. The second-order valence-corrected chi connectivity index (χ2v) is 26.4. The van der Waals surface area contributed by atoms with Gasteiger partial charge >= 0.3 is 0 Å². The summed E-state index contributed by atoms with van der Waals surface area (Å²) in [5, 5.41) is 229. The maximum absolute atomic E-state index is 12.6. The zero-order valence-corrected chi connectivity index (χ0v) is 53.1. The smallest absolute Gasteiger partial charge is 0.261 e. The number of unbranched alkanes of at least 4 members (excludes halogenated alkanes) is 6. The zero-order chi connectivity index (χ0) is 66.9. The molecular weight excluding hydrogens is 1140 g/mol. The summed E-state index contributed by atoms with van der Waals surface area (Å²) in [4.78, 5) is 26.4. The summed E-state index contributed by atoms with van der Waals surface area (Å²) in [6, 6.07) is -0.694. The summed E-state index contributed by atoms with van der Waals surface area (Å²) in [5.74, 6) is -9.32. The Morgan fingerprint density at radius 2 is 0.989 bits per heavy atom. The van der Waals surface area contributed by atoms with Crippen LogP contribution >= 0.6 is 0 Å². The van der Waals surface area contributed by atoms with Crippen molar-refractivity contribution in [3.05, 3.63) is 23.0 Å². The van der Waals surface area contributed by atoms with Gasteiger partial charge in [-0.25, -0.2) is 0 Å². The second-order valence-electron chi connectivity index (χ2n) is 26.4. The first-order chi connectivity index (χ1) is 40.3. The summed E-state index contributed by atoms with van der Waals surface area (Å²) in [6.45, 7) is 16.3. The van der Waals surface area contributed by atoms with Gasteiger partial charge in [0.25, 0.3) is 5.91 Å². The largest absolute Gasteiger partial charge is 0.507 e. The number of likely N-dealkylation sites (tertiary alicyclic amines) is 1. The molecule has 0 aliphatic carbocycles. The number of hydrogen-bond acceptors (Lipinski definition) is 24. The minimum absolute atomic E-state index is 0.112. The zero-order valence-electron chi connectivity index (χ0n) is 53.1. The van der Waals surface area contributed by atoms with Gasteiger partial charge in [-0.3, -0.25) is 9.59 Å². The van der Waals surface area contributed by atoms with Crippen molar-refractivity contribution in [2.75, 3.05) is 7.05 Å². The Balaban J connectivity index is 1.88. The van der Waals surface area contributed by atoms with Crippen molar-refractivity contribution in [1.82, 2.24) is 4.90 Å². The van der Waals surface area contributed by atoms with Crippen molar-refractivity contribution in [2.24, 2.45) is 41.4 Å². The molecule has 2 heterocycles. The summed E-state index contributed by atoms with van der Waals surface area (Å²) in [7, 11) is 1.48. The molecule has 87 heavy (non-hydrogen) atoms. The van der Waals surface area contributed by atoms with Crippen molar-refractivity contribution in [3.8, 4) is 0 Å². The first kappa shape index (κ1) is 80.7. The maximum Gasteiger partial charge on any atom is 0.261 e. The average molecular weight is 1260 g/mol. The molecule has 0 bridgehead atoms. The van der Waals surface area contributed by atoms with Crippen molar-refractivity contribution in [3.63, 3.8) is 0 Å². The van der Waals surface area contributed by atoms with Gasteiger partial charge in [0, 0.05) is 55.9 Å². The molecule has 29 atom stereocenters. The Kier molecular flexibility index (Phi) is 34.6. The normalized spacial score (nSPS) is 29.4. The van der Waals surface area contributed by atoms with Crippen LogP contribution in [-0.2, 0) is 14.3 Å². The third-order valence-electron chi connectivity index (χ3n) is 18.8. The lowest BCUT2D eigenvalue weighted by molar-refractivity contribution is -0.356. The highest BCUT2D eigenvalue weighted by atomic mass is 16.7. The molecule has 0 saturated carbocycles. The van der Waals surface area contributed by atoms with Crippen LogP contribution in [-0.4, -0.2) is 265 Å². The number of carbonyl (C=O) groups is 2. The first-order valence-electron chi connectivity index (χ1n) is 31.5. The Morgan fingerprint density at radius 1 is 0.540 bits per heavy atom. The van der Waals surface area contributed by atoms with Gasteiger partial charge in [-0.2, -0.15) is 0 Å². The molecule has 1 amide bonds. The fourth-order valence-electron chi connectivity index (χ4n) is 12.3. The van der Waals surface area contributed by atoms with Crippen LogP contribution in [0.4, 0.5) is 0 Å². The highest BCUT2D eigenvalue weighted by Gasteiger charge is 2.54. The van der Waals surface area contributed by atoms with Crippen LogP contribution in [0.15, 0.2) is 23.0 Å². The minimum Gasteiger partial charge on any atom is -0.507 e. The van der Waals surface area contributed by atoms with E-state index in [9.17, 15) is 117 Å². The van der Waals surface area contributed by atoms with Crippen LogP contribution in [0.1, 0.15) is 172 Å². The van der Waals surface area contributed by atoms with Gasteiger partial charge in [0.15, 0.2) is 11.6 Å². The molecule has 2 saturated heterocycles. The van der Waals surface area contributed by atoms with Crippen LogP contribution in [0.25, 0.3) is 0 Å². The van der Waals surface area contributed by atoms with Crippen LogP contribution in [0.5, 0.6) is 0 Å². The number of rotatable bonds is 41. The molecule has 25 unspecified atom stereocenters. The predicted molar refractivity (Wildman–Crippen MR) is 318 cm³/mol. The van der Waals surface area contributed by atoms with Gasteiger partial charge in [-0.1, -0.05) is 106 Å². The lowest BCUT2D eigenvalue weighted by Crippen LogP contribution is -2.65. The standard InChI is InChI=1S/C62H115NO24/c1-12-13-14-15-16-17-18-19-38(64)28-62(86)60(84)59(83)57(81)47(87-62)27-46(72)56(80)58(82)55(79)45(71)25-40(66)23-39(65)24-41(67)32(5)50(74)33(6)42(68)26-43(69)34(7)51(75)35(8)52(76)36(9)53(77)44(70)22-30(3)20-29(2)21-31(4)49(73)48-54(78)37(10)63(11)61(48)85/h21,29-30,32-47,50-53,55-60,64-77,79-84,86H,12-20,22-28H2,1-11H3/b31-21+,49-48+/t29?,30?,32?,33?,34?,35?,36?,37?,38?,39?,40?,41?,42?,43?,44?,45?,46?,47?,50?,51?,52?,53?,55?,56?,57-,58?,59+,60+,62+/m1/s1. The molecule has 2 rings (SSSR count).